The molecule has 0 aliphatic heterocycles. The highest BCUT2D eigenvalue weighted by Gasteiger charge is 2.11. The molecule has 2 N–H and O–H groups in total. The van der Waals surface area contributed by atoms with Crippen molar-refractivity contribution in [3.05, 3.63) is 53.6 Å². The first kappa shape index (κ1) is 18.7. The molecule has 132 valence electrons. The molecule has 2 aromatic carbocycles. The molecule has 2 rings (SSSR count). The van der Waals surface area contributed by atoms with Crippen LogP contribution in [0, 0.1) is 0 Å². The van der Waals surface area contributed by atoms with Crippen molar-refractivity contribution in [2.75, 3.05) is 21.3 Å². The molecule has 0 atom stereocenters. The fraction of sp³-hybridized carbons (Fsp3) is 0.222. The number of hydrogen-bond acceptors (Lipinski definition) is 6. The van der Waals surface area contributed by atoms with Gasteiger partial charge in [-0.1, -0.05) is 42.1 Å². The normalized spacial score (nSPS) is 11.6. The monoisotopic (exact) mass is 359 g/mol. The number of nitrogens with two attached hydrogens (primary N) is 1. The zero-order valence-electron chi connectivity index (χ0n) is 14.4. The van der Waals surface area contributed by atoms with Gasteiger partial charge in [-0.3, -0.25) is 0 Å². The Labute approximate surface area is 151 Å². The maximum atomic E-state index is 5.89. The molecule has 0 saturated carbocycles. The predicted molar refractivity (Wildman–Crippen MR) is 103 cm³/mol. The zero-order valence-corrected chi connectivity index (χ0v) is 15.2. The molecule has 0 bridgehead atoms. The highest BCUT2D eigenvalue weighted by Crippen LogP contribution is 2.32. The van der Waals surface area contributed by atoms with Crippen LogP contribution in [0.4, 0.5) is 0 Å². The minimum absolute atomic E-state index is 0.381. The summed E-state index contributed by atoms with van der Waals surface area (Å²) in [4.78, 5) is 0. The minimum atomic E-state index is 0.381. The van der Waals surface area contributed by atoms with Gasteiger partial charge in [-0.2, -0.15) is 5.10 Å². The van der Waals surface area contributed by atoms with Crippen LogP contribution >= 0.6 is 11.8 Å². The van der Waals surface area contributed by atoms with E-state index in [1.165, 1.54) is 17.3 Å². The van der Waals surface area contributed by atoms with Gasteiger partial charge in [-0.25, -0.2) is 0 Å². The van der Waals surface area contributed by atoms with Crippen LogP contribution in [0.1, 0.15) is 11.1 Å². The van der Waals surface area contributed by atoms with E-state index >= 15 is 0 Å². The lowest BCUT2D eigenvalue weighted by Gasteiger charge is -2.11. The van der Waals surface area contributed by atoms with E-state index in [0.29, 0.717) is 28.0 Å². The Morgan fingerprint density at radius 2 is 1.68 bits per heavy atom. The Hall–Kier alpha value is -2.67. The molecule has 0 unspecified atom stereocenters. The molecule has 0 fully saturated rings. The second kappa shape index (κ2) is 9.58. The van der Waals surface area contributed by atoms with Crippen molar-refractivity contribution in [2.24, 2.45) is 15.9 Å². The Bertz CT molecular complexity index is 723. The maximum absolute atomic E-state index is 5.89. The van der Waals surface area contributed by atoms with Crippen LogP contribution in [0.3, 0.4) is 0 Å². The standard InChI is InChI=1S/C18H21N3O3S/c1-22-14-9-16(23-2)15(17(10-14)24-3)11-20-21-18(19)25-12-13-7-5-4-6-8-13/h4-11H,12H2,1-3H3,(H2,19,21). The van der Waals surface area contributed by atoms with Gasteiger partial charge in [0.25, 0.3) is 0 Å². The van der Waals surface area contributed by atoms with Crippen LogP contribution in [0.25, 0.3) is 0 Å². The number of ether oxygens (including phenoxy) is 3. The molecule has 0 saturated heterocycles. The molecule has 0 aromatic heterocycles. The summed E-state index contributed by atoms with van der Waals surface area (Å²) in [6.07, 6.45) is 1.55. The van der Waals surface area contributed by atoms with E-state index in [2.05, 4.69) is 10.2 Å². The molecule has 0 radical (unpaired) electrons. The van der Waals surface area contributed by atoms with Crippen molar-refractivity contribution in [2.45, 2.75) is 5.75 Å². The van der Waals surface area contributed by atoms with Gasteiger partial charge in [0.15, 0.2) is 5.17 Å². The van der Waals surface area contributed by atoms with Crippen molar-refractivity contribution in [1.82, 2.24) is 0 Å². The highest BCUT2D eigenvalue weighted by molar-refractivity contribution is 8.13. The molecule has 0 spiro atoms. The van der Waals surface area contributed by atoms with E-state index in [0.717, 1.165) is 5.75 Å². The SMILES string of the molecule is COc1cc(OC)c(C=NN=C(N)SCc2ccccc2)c(OC)c1. The Morgan fingerprint density at radius 1 is 1.04 bits per heavy atom. The number of thioether (sulfide) groups is 1. The van der Waals surface area contributed by atoms with Crippen molar-refractivity contribution in [1.29, 1.82) is 0 Å². The van der Waals surface area contributed by atoms with Crippen molar-refractivity contribution in [3.8, 4) is 17.2 Å². The van der Waals surface area contributed by atoms with Crippen molar-refractivity contribution >= 4 is 23.1 Å². The average molecular weight is 359 g/mol. The summed E-state index contributed by atoms with van der Waals surface area (Å²) in [6.45, 7) is 0. The predicted octanol–water partition coefficient (Wildman–Crippen LogP) is 3.29. The van der Waals surface area contributed by atoms with Gasteiger partial charge in [-0.15, -0.1) is 5.10 Å². The second-order valence-corrected chi connectivity index (χ2v) is 5.90. The van der Waals surface area contributed by atoms with Crippen molar-refractivity contribution in [3.63, 3.8) is 0 Å². The molecule has 0 amide bonds. The lowest BCUT2D eigenvalue weighted by molar-refractivity contribution is 0.374. The first-order chi connectivity index (χ1) is 12.2. The smallest absolute Gasteiger partial charge is 0.180 e. The summed E-state index contributed by atoms with van der Waals surface area (Å²) in [5.41, 5.74) is 7.73. The van der Waals surface area contributed by atoms with Gasteiger partial charge in [0.1, 0.15) is 17.2 Å². The van der Waals surface area contributed by atoms with Crippen LogP contribution in [0.5, 0.6) is 17.2 Å². The summed E-state index contributed by atoms with van der Waals surface area (Å²) in [5.74, 6) is 2.52. The third-order valence-corrected chi connectivity index (χ3v) is 4.18. The Balaban J connectivity index is 2.09. The summed E-state index contributed by atoms with van der Waals surface area (Å²) < 4.78 is 15.9. The molecule has 25 heavy (non-hydrogen) atoms. The van der Waals surface area contributed by atoms with E-state index < -0.39 is 0 Å². The maximum Gasteiger partial charge on any atom is 0.180 e. The number of benzene rings is 2. The van der Waals surface area contributed by atoms with E-state index in [-0.39, 0.29) is 0 Å². The lowest BCUT2D eigenvalue weighted by Crippen LogP contribution is -2.06. The van der Waals surface area contributed by atoms with Crippen molar-refractivity contribution < 1.29 is 14.2 Å². The van der Waals surface area contributed by atoms with Crippen LogP contribution in [0.2, 0.25) is 0 Å². The first-order valence-electron chi connectivity index (χ1n) is 7.51. The third-order valence-electron chi connectivity index (χ3n) is 3.33. The van der Waals surface area contributed by atoms with Gasteiger partial charge in [0.05, 0.1) is 33.1 Å². The molecule has 6 nitrogen and oxygen atoms in total. The summed E-state index contributed by atoms with van der Waals surface area (Å²) >= 11 is 1.42. The molecule has 0 aliphatic carbocycles. The topological polar surface area (TPSA) is 78.4 Å². The highest BCUT2D eigenvalue weighted by atomic mass is 32.2. The molecular weight excluding hydrogens is 338 g/mol. The summed E-state index contributed by atoms with van der Waals surface area (Å²) in [6, 6.07) is 13.5. The first-order valence-corrected chi connectivity index (χ1v) is 8.49. The summed E-state index contributed by atoms with van der Waals surface area (Å²) in [7, 11) is 4.72. The minimum Gasteiger partial charge on any atom is -0.496 e. The van der Waals surface area contributed by atoms with E-state index in [9.17, 15) is 0 Å². The summed E-state index contributed by atoms with van der Waals surface area (Å²) in [5, 5.41) is 8.44. The molecular formula is C18H21N3O3S. The number of amidine groups is 1. The molecule has 2 aromatic rings. The number of nitrogens with zero attached hydrogens (tertiary/aromatic N) is 2. The van der Waals surface area contributed by atoms with Gasteiger partial charge >= 0.3 is 0 Å². The van der Waals surface area contributed by atoms with E-state index in [1.54, 1.807) is 39.7 Å². The third kappa shape index (κ3) is 5.42. The fourth-order valence-corrected chi connectivity index (χ4v) is 2.68. The van der Waals surface area contributed by atoms with Gasteiger partial charge in [-0.05, 0) is 5.56 Å². The molecule has 0 heterocycles. The van der Waals surface area contributed by atoms with Crippen LogP contribution < -0.4 is 19.9 Å². The van der Waals surface area contributed by atoms with Crippen LogP contribution in [-0.2, 0) is 5.75 Å². The van der Waals surface area contributed by atoms with Crippen LogP contribution in [-0.4, -0.2) is 32.7 Å². The van der Waals surface area contributed by atoms with E-state index in [4.69, 9.17) is 19.9 Å². The van der Waals surface area contributed by atoms with Crippen LogP contribution in [0.15, 0.2) is 52.7 Å². The quantitative estimate of drug-likeness (QED) is 0.466. The average Bonchev–Trinajstić information content (AvgIpc) is 2.66. The van der Waals surface area contributed by atoms with E-state index in [1.807, 2.05) is 30.3 Å². The molecule has 0 aliphatic rings. The molecule has 7 heteroatoms. The largest absolute Gasteiger partial charge is 0.496 e. The number of hydrogen-bond donors (Lipinski definition) is 1. The Kier molecular flexibility index (Phi) is 7.16. The van der Waals surface area contributed by atoms with Gasteiger partial charge < -0.3 is 19.9 Å². The number of methoxy groups -OCH3 is 3. The van der Waals surface area contributed by atoms with Gasteiger partial charge in [0.2, 0.25) is 0 Å². The Morgan fingerprint density at radius 3 is 2.24 bits per heavy atom. The van der Waals surface area contributed by atoms with Gasteiger partial charge in [0, 0.05) is 17.9 Å². The number of rotatable bonds is 7. The zero-order chi connectivity index (χ0) is 18.1. The second-order valence-electron chi connectivity index (χ2n) is 4.90. The lowest BCUT2D eigenvalue weighted by atomic mass is 10.2. The fourth-order valence-electron chi connectivity index (χ4n) is 2.06.